The van der Waals surface area contributed by atoms with E-state index in [-0.39, 0.29) is 29.1 Å². The van der Waals surface area contributed by atoms with Crippen molar-refractivity contribution in [2.45, 2.75) is 23.9 Å². The lowest BCUT2D eigenvalue weighted by molar-refractivity contribution is -0.138. The number of benzene rings is 2. The van der Waals surface area contributed by atoms with Crippen LogP contribution in [0.1, 0.15) is 17.5 Å². The van der Waals surface area contributed by atoms with Crippen molar-refractivity contribution in [3.63, 3.8) is 0 Å². The summed E-state index contributed by atoms with van der Waals surface area (Å²) in [5, 5.41) is 12.5. The van der Waals surface area contributed by atoms with Crippen LogP contribution in [0.5, 0.6) is 0 Å². The number of hydrogen-bond donors (Lipinski definition) is 2. The van der Waals surface area contributed by atoms with E-state index in [0.717, 1.165) is 23.1 Å². The molecule has 0 fully saturated rings. The number of hydrogen-bond acceptors (Lipinski definition) is 5. The molecule has 158 valence electrons. The van der Waals surface area contributed by atoms with Crippen LogP contribution in [0, 0.1) is 0 Å². The summed E-state index contributed by atoms with van der Waals surface area (Å²) in [6, 6.07) is 7.97. The van der Waals surface area contributed by atoms with E-state index >= 15 is 0 Å². The van der Waals surface area contributed by atoms with E-state index in [9.17, 15) is 26.4 Å². The van der Waals surface area contributed by atoms with Gasteiger partial charge in [-0.05, 0) is 42.3 Å². The lowest BCUT2D eigenvalue weighted by Gasteiger charge is -2.15. The highest BCUT2D eigenvalue weighted by molar-refractivity contribution is 7.92. The van der Waals surface area contributed by atoms with E-state index in [1.54, 1.807) is 0 Å². The van der Waals surface area contributed by atoms with Gasteiger partial charge < -0.3 is 5.11 Å². The third-order valence-electron chi connectivity index (χ3n) is 4.09. The molecular formula is C18H15F3N4O4S. The molecule has 2 aromatic carbocycles. The predicted molar refractivity (Wildman–Crippen MR) is 99.6 cm³/mol. The maximum absolute atomic E-state index is 13.1. The molecule has 0 saturated carbocycles. The fraction of sp³-hybridized carbons (Fsp3) is 0.167. The van der Waals surface area contributed by atoms with Gasteiger partial charge in [-0.2, -0.15) is 18.3 Å². The Morgan fingerprint density at radius 2 is 1.83 bits per heavy atom. The number of alkyl halides is 3. The molecule has 1 aromatic heterocycles. The maximum Gasteiger partial charge on any atom is 0.416 e. The van der Waals surface area contributed by atoms with Crippen molar-refractivity contribution in [2.24, 2.45) is 0 Å². The van der Waals surface area contributed by atoms with Gasteiger partial charge in [0.15, 0.2) is 0 Å². The van der Waals surface area contributed by atoms with Crippen LogP contribution in [0.2, 0.25) is 0 Å². The number of carboxylic acids is 1. The number of aryl methyl sites for hydroxylation is 1. The van der Waals surface area contributed by atoms with Gasteiger partial charge in [-0.3, -0.25) is 9.52 Å². The Kier molecular flexibility index (Phi) is 5.78. The molecular weight excluding hydrogens is 425 g/mol. The summed E-state index contributed by atoms with van der Waals surface area (Å²) in [7, 11) is -4.23. The third kappa shape index (κ3) is 4.95. The number of rotatable bonds is 7. The Labute approximate surface area is 169 Å². The molecule has 0 amide bonds. The molecule has 0 saturated heterocycles. The largest absolute Gasteiger partial charge is 0.481 e. The highest BCUT2D eigenvalue weighted by Gasteiger charge is 2.32. The second-order valence-corrected chi connectivity index (χ2v) is 7.90. The first-order valence-corrected chi connectivity index (χ1v) is 9.94. The average molecular weight is 440 g/mol. The molecule has 2 N–H and O–H groups in total. The summed E-state index contributed by atoms with van der Waals surface area (Å²) in [4.78, 5) is 14.2. The first-order valence-electron chi connectivity index (χ1n) is 8.46. The molecule has 8 nitrogen and oxygen atoms in total. The zero-order chi connectivity index (χ0) is 21.9. The minimum Gasteiger partial charge on any atom is -0.481 e. The highest BCUT2D eigenvalue weighted by atomic mass is 32.2. The van der Waals surface area contributed by atoms with Crippen molar-refractivity contribution in [1.82, 2.24) is 14.8 Å². The van der Waals surface area contributed by atoms with Gasteiger partial charge in [0.05, 0.1) is 21.8 Å². The zero-order valence-corrected chi connectivity index (χ0v) is 16.0. The molecule has 0 spiro atoms. The number of carbonyl (C=O) groups is 1. The van der Waals surface area contributed by atoms with Crippen molar-refractivity contribution in [1.29, 1.82) is 0 Å². The van der Waals surface area contributed by atoms with Crippen LogP contribution in [0.25, 0.3) is 5.69 Å². The molecule has 3 rings (SSSR count). The second-order valence-electron chi connectivity index (χ2n) is 6.21. The molecule has 12 heteroatoms. The van der Waals surface area contributed by atoms with Gasteiger partial charge in [0, 0.05) is 6.42 Å². The zero-order valence-electron chi connectivity index (χ0n) is 15.2. The fourth-order valence-electron chi connectivity index (χ4n) is 2.62. The maximum atomic E-state index is 13.1. The van der Waals surface area contributed by atoms with Crippen molar-refractivity contribution in [2.75, 3.05) is 4.72 Å². The van der Waals surface area contributed by atoms with Crippen molar-refractivity contribution >= 4 is 21.7 Å². The minimum absolute atomic E-state index is 0.0575. The van der Waals surface area contributed by atoms with Crippen LogP contribution in [-0.4, -0.2) is 34.3 Å². The van der Waals surface area contributed by atoms with Gasteiger partial charge in [-0.25, -0.2) is 18.1 Å². The second kappa shape index (κ2) is 8.14. The van der Waals surface area contributed by atoms with E-state index in [2.05, 4.69) is 14.8 Å². The van der Waals surface area contributed by atoms with Crippen LogP contribution < -0.4 is 4.72 Å². The standard InChI is InChI=1S/C18H15F3N4O4S/c19-18(20,21)13-4-7-16(25-11-22-10-23-25)15(9-13)24-30(28,29)14-5-1-12(2-6-14)3-8-17(26)27/h1-2,4-7,9-11,24H,3,8H2,(H,26,27). The summed E-state index contributed by atoms with van der Waals surface area (Å²) >= 11 is 0. The van der Waals surface area contributed by atoms with Crippen LogP contribution in [0.15, 0.2) is 60.0 Å². The van der Waals surface area contributed by atoms with E-state index in [4.69, 9.17) is 5.11 Å². The summed E-state index contributed by atoms with van der Waals surface area (Å²) < 4.78 is 68.1. The van der Waals surface area contributed by atoms with Crippen LogP contribution in [-0.2, 0) is 27.4 Å². The number of nitrogens with zero attached hydrogens (tertiary/aromatic N) is 3. The number of aromatic nitrogens is 3. The molecule has 0 unspecified atom stereocenters. The van der Waals surface area contributed by atoms with Gasteiger partial charge in [0.1, 0.15) is 12.7 Å². The molecule has 0 aliphatic carbocycles. The molecule has 3 aromatic rings. The smallest absolute Gasteiger partial charge is 0.416 e. The number of carboxylic acid groups (broad SMARTS) is 1. The first-order chi connectivity index (χ1) is 14.1. The summed E-state index contributed by atoms with van der Waals surface area (Å²) in [5.41, 5.74) is -0.695. The number of nitrogens with one attached hydrogen (secondary N) is 1. The Bertz CT molecular complexity index is 1150. The number of halogens is 3. The van der Waals surface area contributed by atoms with Gasteiger partial charge in [0.2, 0.25) is 0 Å². The topological polar surface area (TPSA) is 114 Å². The van der Waals surface area contributed by atoms with Crippen LogP contribution >= 0.6 is 0 Å². The Hall–Kier alpha value is -3.41. The number of anilines is 1. The number of aliphatic carboxylic acids is 1. The fourth-order valence-corrected chi connectivity index (χ4v) is 3.68. The van der Waals surface area contributed by atoms with Gasteiger partial charge in [-0.15, -0.1) is 0 Å². The quantitative estimate of drug-likeness (QED) is 0.584. The molecule has 30 heavy (non-hydrogen) atoms. The first kappa shape index (κ1) is 21.3. The van der Waals surface area contributed by atoms with Crippen LogP contribution in [0.3, 0.4) is 0 Å². The third-order valence-corrected chi connectivity index (χ3v) is 5.48. The van der Waals surface area contributed by atoms with Gasteiger partial charge >= 0.3 is 12.1 Å². The SMILES string of the molecule is O=C(O)CCc1ccc(S(=O)(=O)Nc2cc(C(F)(F)F)ccc2-n2cncn2)cc1. The highest BCUT2D eigenvalue weighted by Crippen LogP contribution is 2.34. The minimum atomic E-state index is -4.67. The van der Waals surface area contributed by atoms with Crippen molar-refractivity contribution in [3.05, 3.63) is 66.2 Å². The number of sulfonamides is 1. The lowest BCUT2D eigenvalue weighted by atomic mass is 10.1. The van der Waals surface area contributed by atoms with Gasteiger partial charge in [-0.1, -0.05) is 12.1 Å². The average Bonchev–Trinajstić information content (AvgIpc) is 3.20. The van der Waals surface area contributed by atoms with E-state index in [1.807, 2.05) is 0 Å². The summed E-state index contributed by atoms with van der Waals surface area (Å²) in [6.07, 6.45) is -2.20. The summed E-state index contributed by atoms with van der Waals surface area (Å²) in [6.45, 7) is 0. The summed E-state index contributed by atoms with van der Waals surface area (Å²) in [5.74, 6) is -0.987. The molecule has 0 aliphatic heterocycles. The molecule has 0 aliphatic rings. The predicted octanol–water partition coefficient (Wildman–Crippen LogP) is 3.10. The monoisotopic (exact) mass is 440 g/mol. The Morgan fingerprint density at radius 1 is 1.13 bits per heavy atom. The van der Waals surface area contributed by atoms with E-state index in [0.29, 0.717) is 11.6 Å². The Morgan fingerprint density at radius 3 is 2.40 bits per heavy atom. The molecule has 1 heterocycles. The molecule has 0 radical (unpaired) electrons. The van der Waals surface area contributed by atoms with Crippen molar-refractivity contribution < 1.29 is 31.5 Å². The van der Waals surface area contributed by atoms with Crippen molar-refractivity contribution in [3.8, 4) is 5.69 Å². The molecule has 0 bridgehead atoms. The molecule has 0 atom stereocenters. The van der Waals surface area contributed by atoms with E-state index in [1.165, 1.54) is 30.6 Å². The van der Waals surface area contributed by atoms with E-state index < -0.39 is 27.7 Å². The van der Waals surface area contributed by atoms with Crippen LogP contribution in [0.4, 0.5) is 18.9 Å². The Balaban J connectivity index is 1.94. The lowest BCUT2D eigenvalue weighted by Crippen LogP contribution is -2.16. The normalized spacial score (nSPS) is 12.0. The van der Waals surface area contributed by atoms with Gasteiger partial charge in [0.25, 0.3) is 10.0 Å².